The summed E-state index contributed by atoms with van der Waals surface area (Å²) in [6.07, 6.45) is 1.61. The molecule has 0 heterocycles. The van der Waals surface area contributed by atoms with Crippen molar-refractivity contribution < 1.29 is 13.3 Å². The fraction of sp³-hybridized carbons (Fsp3) is 0.385. The van der Waals surface area contributed by atoms with Crippen LogP contribution in [0.15, 0.2) is 35.7 Å². The van der Waals surface area contributed by atoms with Crippen LogP contribution < -0.4 is 5.11 Å². The molecule has 0 amide bonds. The van der Waals surface area contributed by atoms with Crippen LogP contribution in [0.4, 0.5) is 0 Å². The Balaban J connectivity index is 3.21. The summed E-state index contributed by atoms with van der Waals surface area (Å²) in [6, 6.07) is 8.92. The van der Waals surface area contributed by atoms with Crippen molar-refractivity contribution in [3.8, 4) is 0 Å². The summed E-state index contributed by atoms with van der Waals surface area (Å²) in [6.45, 7) is 5.22. The van der Waals surface area contributed by atoms with E-state index in [0.29, 0.717) is 18.7 Å². The Kier molecular flexibility index (Phi) is 4.75. The van der Waals surface area contributed by atoms with Crippen molar-refractivity contribution in [2.75, 3.05) is 19.3 Å². The van der Waals surface area contributed by atoms with Crippen molar-refractivity contribution in [2.45, 2.75) is 13.8 Å². The van der Waals surface area contributed by atoms with Crippen LogP contribution in [0.25, 0.3) is 5.76 Å². The van der Waals surface area contributed by atoms with Crippen LogP contribution in [0.5, 0.6) is 0 Å². The molecule has 0 saturated heterocycles. The van der Waals surface area contributed by atoms with Gasteiger partial charge in [0.1, 0.15) is 13.1 Å². The number of benzene rings is 1. The maximum Gasteiger partial charge on any atom is 0.172 e. The van der Waals surface area contributed by atoms with E-state index in [1.165, 1.54) is 5.41 Å². The first kappa shape index (κ1) is 13.8. The highest BCUT2D eigenvalue weighted by atomic mass is 32.2. The van der Waals surface area contributed by atoms with Gasteiger partial charge in [0.25, 0.3) is 0 Å². The van der Waals surface area contributed by atoms with Crippen LogP contribution in [0, 0.1) is 0 Å². The molecule has 0 spiro atoms. The maximum absolute atomic E-state index is 12.4. The molecule has 0 fully saturated rings. The van der Waals surface area contributed by atoms with Gasteiger partial charge in [-0.25, -0.2) is 4.21 Å². The van der Waals surface area contributed by atoms with Crippen molar-refractivity contribution in [2.24, 2.45) is 0 Å². The van der Waals surface area contributed by atoms with Crippen LogP contribution in [0.2, 0.25) is 0 Å². The first-order valence-electron chi connectivity index (χ1n) is 5.69. The fourth-order valence-electron chi connectivity index (χ4n) is 1.68. The highest BCUT2D eigenvalue weighted by molar-refractivity contribution is 7.93. The van der Waals surface area contributed by atoms with E-state index in [1.54, 1.807) is 34.5 Å². The second-order valence-corrected chi connectivity index (χ2v) is 6.30. The molecule has 1 rings (SSSR count). The molecule has 0 N–H and O–H groups in total. The minimum absolute atomic E-state index is 0.176. The van der Waals surface area contributed by atoms with Crippen LogP contribution >= 0.6 is 0 Å². The summed E-state index contributed by atoms with van der Waals surface area (Å²) in [5.74, 6) is -0.176. The van der Waals surface area contributed by atoms with Crippen molar-refractivity contribution in [1.29, 1.82) is 0 Å². The van der Waals surface area contributed by atoms with Crippen molar-refractivity contribution in [3.05, 3.63) is 41.3 Å². The third kappa shape index (κ3) is 3.60. The van der Waals surface area contributed by atoms with Gasteiger partial charge in [-0.15, -0.1) is 0 Å². The zero-order valence-corrected chi connectivity index (χ0v) is 11.4. The van der Waals surface area contributed by atoms with Crippen LogP contribution in [-0.4, -0.2) is 27.5 Å². The first-order chi connectivity index (χ1) is 8.01. The molecule has 3 nitrogen and oxygen atoms in total. The van der Waals surface area contributed by atoms with Gasteiger partial charge in [0.2, 0.25) is 0 Å². The van der Waals surface area contributed by atoms with E-state index in [1.807, 2.05) is 19.9 Å². The summed E-state index contributed by atoms with van der Waals surface area (Å²) in [5.41, 5.74) is 0.578. The highest BCUT2D eigenvalue weighted by Crippen LogP contribution is 2.10. The average molecular weight is 253 g/mol. The van der Waals surface area contributed by atoms with Crippen molar-refractivity contribution in [3.63, 3.8) is 0 Å². The Bertz CT molecular complexity index is 505. The maximum atomic E-state index is 12.4. The van der Waals surface area contributed by atoms with Gasteiger partial charge < -0.3 is 5.11 Å². The lowest BCUT2D eigenvalue weighted by molar-refractivity contribution is -0.497. The highest BCUT2D eigenvalue weighted by Gasteiger charge is 2.09. The molecule has 0 bridgehead atoms. The minimum Gasteiger partial charge on any atom is -0.872 e. The normalized spacial score (nSPS) is 15.4. The monoisotopic (exact) mass is 253 g/mol. The Morgan fingerprint density at radius 1 is 1.29 bits per heavy atom. The Hall–Kier alpha value is -1.29. The molecular weight excluding hydrogens is 234 g/mol. The lowest BCUT2D eigenvalue weighted by atomic mass is 10.2. The number of nitrogens with zero attached hydrogens (tertiary/aromatic N) is 1. The molecule has 0 saturated carbocycles. The van der Waals surface area contributed by atoms with Gasteiger partial charge in [-0.3, -0.25) is 0 Å². The summed E-state index contributed by atoms with van der Waals surface area (Å²) in [4.78, 5) is 0. The smallest absolute Gasteiger partial charge is 0.172 e. The van der Waals surface area contributed by atoms with E-state index in [9.17, 15) is 9.32 Å². The molecular formula is C13H19NO2S. The van der Waals surface area contributed by atoms with E-state index in [-0.39, 0.29) is 5.76 Å². The molecule has 1 aromatic rings. The van der Waals surface area contributed by atoms with Gasteiger partial charge in [-0.1, -0.05) is 36.1 Å². The van der Waals surface area contributed by atoms with Gasteiger partial charge >= 0.3 is 0 Å². The van der Waals surface area contributed by atoms with E-state index in [4.69, 9.17) is 0 Å². The minimum atomic E-state index is -2.36. The second kappa shape index (κ2) is 5.87. The first-order valence-corrected chi connectivity index (χ1v) is 7.68. The molecule has 0 aliphatic heterocycles. The summed E-state index contributed by atoms with van der Waals surface area (Å²) in [7, 11) is -2.36. The summed E-state index contributed by atoms with van der Waals surface area (Å²) < 4.78 is 14.2. The van der Waals surface area contributed by atoms with E-state index in [0.717, 1.165) is 0 Å². The number of rotatable bonds is 4. The van der Waals surface area contributed by atoms with E-state index in [2.05, 4.69) is 0 Å². The number of hydrogen-bond donors (Lipinski definition) is 0. The molecule has 4 heteroatoms. The van der Waals surface area contributed by atoms with Crippen molar-refractivity contribution in [1.82, 2.24) is 0 Å². The zero-order valence-electron chi connectivity index (χ0n) is 10.6. The van der Waals surface area contributed by atoms with Crippen molar-refractivity contribution >= 4 is 15.5 Å². The molecule has 1 aromatic carbocycles. The zero-order chi connectivity index (χ0) is 12.9. The Morgan fingerprint density at radius 3 is 2.29 bits per heavy atom. The molecule has 1 atom stereocenters. The molecule has 94 valence electrons. The second-order valence-electron chi connectivity index (χ2n) is 3.82. The summed E-state index contributed by atoms with van der Waals surface area (Å²) >= 11 is 0. The SMILES string of the molecule is CC[N+](CC)=S(C)(=O)/C=C(\[O-])c1ccccc1. The molecule has 0 aliphatic carbocycles. The van der Waals surface area contributed by atoms with Gasteiger partial charge in [0.05, 0.1) is 6.26 Å². The third-order valence-corrected chi connectivity index (χ3v) is 4.80. The molecule has 0 aromatic heterocycles. The lowest BCUT2D eigenvalue weighted by Gasteiger charge is -2.12. The Morgan fingerprint density at radius 2 is 1.82 bits per heavy atom. The molecule has 17 heavy (non-hydrogen) atoms. The van der Waals surface area contributed by atoms with Gasteiger partial charge in [0, 0.05) is 5.41 Å². The van der Waals surface area contributed by atoms with E-state index >= 15 is 0 Å². The fourth-order valence-corrected chi connectivity index (χ4v) is 3.39. The number of hydrogen-bond acceptors (Lipinski definition) is 2. The van der Waals surface area contributed by atoms with Gasteiger partial charge in [0.15, 0.2) is 9.73 Å². The predicted octanol–water partition coefficient (Wildman–Crippen LogP) is 1.50. The van der Waals surface area contributed by atoms with Gasteiger partial charge in [-0.2, -0.15) is 3.95 Å². The van der Waals surface area contributed by atoms with Crippen LogP contribution in [-0.2, 0) is 9.73 Å². The third-order valence-electron chi connectivity index (χ3n) is 2.60. The molecule has 1 unspecified atom stereocenters. The average Bonchev–Trinajstić information content (AvgIpc) is 2.30. The quantitative estimate of drug-likeness (QED) is 0.603. The molecule has 0 radical (unpaired) electrons. The topological polar surface area (TPSA) is 43.1 Å². The molecule has 0 aliphatic rings. The van der Waals surface area contributed by atoms with E-state index < -0.39 is 9.73 Å². The largest absolute Gasteiger partial charge is 0.872 e. The lowest BCUT2D eigenvalue weighted by Crippen LogP contribution is -2.20. The summed E-state index contributed by atoms with van der Waals surface area (Å²) in [5, 5.41) is 13.3. The van der Waals surface area contributed by atoms with Crippen LogP contribution in [0.3, 0.4) is 0 Å². The Labute approximate surface area is 104 Å². The van der Waals surface area contributed by atoms with Crippen LogP contribution in [0.1, 0.15) is 19.4 Å². The van der Waals surface area contributed by atoms with Gasteiger partial charge in [-0.05, 0) is 19.4 Å². The predicted molar refractivity (Wildman–Crippen MR) is 69.8 cm³/mol. The standard InChI is InChI=1S/C13H19NO2S/c1-4-14(5-2)17(3,16)11-13(15)12-9-7-6-8-10-12/h6-11H,4-5H2,1-3H3.